The number of rotatable bonds is 6. The van der Waals surface area contributed by atoms with Crippen LogP contribution in [-0.4, -0.2) is 60.7 Å². The van der Waals surface area contributed by atoms with E-state index >= 15 is 0 Å². The van der Waals surface area contributed by atoms with Crippen molar-refractivity contribution in [2.24, 2.45) is 0 Å². The van der Waals surface area contributed by atoms with Crippen molar-refractivity contribution in [1.82, 2.24) is 20.2 Å². The van der Waals surface area contributed by atoms with Crippen molar-refractivity contribution >= 4 is 29.1 Å². The van der Waals surface area contributed by atoms with E-state index in [0.717, 1.165) is 23.4 Å². The molecule has 1 aliphatic rings. The van der Waals surface area contributed by atoms with Crippen LogP contribution >= 0.6 is 0 Å². The summed E-state index contributed by atoms with van der Waals surface area (Å²) in [5, 5.41) is 5.57. The number of carbonyl (C=O) groups is 2. The highest BCUT2D eigenvalue weighted by Crippen LogP contribution is 2.38. The van der Waals surface area contributed by atoms with Crippen molar-refractivity contribution in [3.63, 3.8) is 0 Å². The van der Waals surface area contributed by atoms with Crippen LogP contribution in [0.3, 0.4) is 0 Å². The second-order valence-electron chi connectivity index (χ2n) is 8.39. The molecule has 0 saturated carbocycles. The van der Waals surface area contributed by atoms with Crippen molar-refractivity contribution in [3.8, 4) is 22.5 Å². The molecule has 0 bridgehead atoms. The van der Waals surface area contributed by atoms with E-state index in [4.69, 9.17) is 10.5 Å². The Kier molecular flexibility index (Phi) is 7.05. The lowest BCUT2D eigenvalue weighted by Crippen LogP contribution is -2.29. The first-order valence-electron chi connectivity index (χ1n) is 11.5. The molecule has 0 spiro atoms. The minimum absolute atomic E-state index is 0.0320. The highest BCUT2D eigenvalue weighted by atomic mass is 16.5. The molecule has 36 heavy (non-hydrogen) atoms. The Balaban J connectivity index is 1.78. The molecule has 0 radical (unpaired) electrons. The van der Waals surface area contributed by atoms with Crippen LogP contribution in [0, 0.1) is 0 Å². The standard InChI is InChI=1S/C26H29N7O3/c1-5-36-26(35)31-16(2)30-23-20(24-28-9-6-10-29-24)14-18(15-21(23)27)17-7-8-22-19(13-17)25(34)33(4)12-11-32(22)3/h6-10,13-15,30H,2,5,11-12,27H2,1,3-4H3,(H,31,35). The molecule has 1 aliphatic heterocycles. The van der Waals surface area contributed by atoms with E-state index in [1.807, 2.05) is 31.3 Å². The molecular formula is C26H29N7O3. The normalized spacial score (nSPS) is 13.0. The first-order chi connectivity index (χ1) is 17.3. The fourth-order valence-electron chi connectivity index (χ4n) is 4.01. The lowest BCUT2D eigenvalue weighted by Gasteiger charge is -2.20. The molecule has 2 heterocycles. The molecule has 0 unspecified atom stereocenters. The predicted molar refractivity (Wildman–Crippen MR) is 140 cm³/mol. The molecule has 10 heteroatoms. The van der Waals surface area contributed by atoms with Gasteiger partial charge in [-0.3, -0.25) is 10.1 Å². The summed E-state index contributed by atoms with van der Waals surface area (Å²) < 4.78 is 4.91. The molecule has 0 saturated heterocycles. The molecule has 2 aromatic carbocycles. The SMILES string of the molecule is C=C(NC(=O)OCC)Nc1c(N)cc(-c2ccc3c(c2)C(=O)N(C)CCN3C)cc1-c1ncccn1. The van der Waals surface area contributed by atoms with Gasteiger partial charge in [-0.2, -0.15) is 0 Å². The highest BCUT2D eigenvalue weighted by molar-refractivity contribution is 6.02. The van der Waals surface area contributed by atoms with E-state index in [2.05, 4.69) is 32.1 Å². The lowest BCUT2D eigenvalue weighted by atomic mass is 9.97. The lowest BCUT2D eigenvalue weighted by molar-refractivity contribution is 0.0805. The molecule has 0 fully saturated rings. The van der Waals surface area contributed by atoms with Crippen LogP contribution in [0.2, 0.25) is 0 Å². The number of hydrogen-bond donors (Lipinski definition) is 3. The summed E-state index contributed by atoms with van der Waals surface area (Å²) in [5.41, 5.74) is 11.1. The van der Waals surface area contributed by atoms with Crippen LogP contribution in [0.15, 0.2) is 61.2 Å². The first kappa shape index (κ1) is 24.5. The van der Waals surface area contributed by atoms with Crippen LogP contribution < -0.4 is 21.3 Å². The van der Waals surface area contributed by atoms with Crippen molar-refractivity contribution in [1.29, 1.82) is 0 Å². The minimum atomic E-state index is -0.632. The minimum Gasteiger partial charge on any atom is -0.450 e. The number of likely N-dealkylation sites (N-methyl/N-ethyl adjacent to an activating group) is 2. The van der Waals surface area contributed by atoms with Gasteiger partial charge in [0.1, 0.15) is 5.82 Å². The number of amides is 2. The Morgan fingerprint density at radius 1 is 1.08 bits per heavy atom. The van der Waals surface area contributed by atoms with Gasteiger partial charge in [-0.25, -0.2) is 14.8 Å². The van der Waals surface area contributed by atoms with Gasteiger partial charge in [-0.05, 0) is 48.4 Å². The average Bonchev–Trinajstić information content (AvgIpc) is 2.97. The fraction of sp³-hybridized carbons (Fsp3) is 0.231. The molecule has 3 aromatic rings. The average molecular weight is 488 g/mol. The molecule has 1 aromatic heterocycles. The monoisotopic (exact) mass is 487 g/mol. The van der Waals surface area contributed by atoms with Crippen molar-refractivity contribution < 1.29 is 14.3 Å². The van der Waals surface area contributed by atoms with Gasteiger partial charge in [-0.15, -0.1) is 0 Å². The quantitative estimate of drug-likeness (QED) is 0.451. The second kappa shape index (κ2) is 10.3. The van der Waals surface area contributed by atoms with Crippen molar-refractivity contribution in [2.45, 2.75) is 6.92 Å². The van der Waals surface area contributed by atoms with Gasteiger partial charge in [0.2, 0.25) is 0 Å². The topological polar surface area (TPSA) is 126 Å². The van der Waals surface area contributed by atoms with E-state index in [0.29, 0.717) is 34.9 Å². The van der Waals surface area contributed by atoms with E-state index < -0.39 is 6.09 Å². The number of ether oxygens (including phenoxy) is 1. The number of fused-ring (bicyclic) bond motifs is 1. The first-order valence-corrected chi connectivity index (χ1v) is 11.5. The molecule has 0 atom stereocenters. The van der Waals surface area contributed by atoms with Crippen molar-refractivity contribution in [3.05, 3.63) is 66.8 Å². The number of hydrogen-bond acceptors (Lipinski definition) is 8. The Morgan fingerprint density at radius 2 is 1.78 bits per heavy atom. The number of aromatic nitrogens is 2. The number of nitrogen functional groups attached to an aromatic ring is 1. The van der Waals surface area contributed by atoms with Gasteiger partial charge in [0.05, 0.1) is 23.5 Å². The van der Waals surface area contributed by atoms with Gasteiger partial charge in [-0.1, -0.05) is 12.6 Å². The number of nitrogens with one attached hydrogen (secondary N) is 2. The van der Waals surface area contributed by atoms with Crippen LogP contribution in [0.5, 0.6) is 0 Å². The molecule has 0 aliphatic carbocycles. The van der Waals surface area contributed by atoms with Gasteiger partial charge >= 0.3 is 6.09 Å². The number of alkyl carbamates (subject to hydrolysis) is 1. The summed E-state index contributed by atoms with van der Waals surface area (Å²) in [6, 6.07) is 11.2. The predicted octanol–water partition coefficient (Wildman–Crippen LogP) is 3.54. The van der Waals surface area contributed by atoms with Crippen LogP contribution in [0.1, 0.15) is 17.3 Å². The Hall–Kier alpha value is -4.60. The summed E-state index contributed by atoms with van der Waals surface area (Å²) >= 11 is 0. The summed E-state index contributed by atoms with van der Waals surface area (Å²) in [7, 11) is 3.78. The second-order valence-corrected chi connectivity index (χ2v) is 8.39. The largest absolute Gasteiger partial charge is 0.450 e. The smallest absolute Gasteiger partial charge is 0.412 e. The molecule has 4 rings (SSSR count). The third-order valence-electron chi connectivity index (χ3n) is 5.87. The van der Waals surface area contributed by atoms with Crippen LogP contribution in [-0.2, 0) is 4.74 Å². The van der Waals surface area contributed by atoms with Crippen LogP contribution in [0.4, 0.5) is 21.9 Å². The van der Waals surface area contributed by atoms with E-state index in [-0.39, 0.29) is 18.3 Å². The van der Waals surface area contributed by atoms with Gasteiger partial charge in [0.25, 0.3) is 5.91 Å². The zero-order valence-corrected chi connectivity index (χ0v) is 20.5. The molecular weight excluding hydrogens is 458 g/mol. The maximum atomic E-state index is 13.0. The van der Waals surface area contributed by atoms with Gasteiger partial charge in [0, 0.05) is 50.8 Å². The Labute approximate surface area is 209 Å². The van der Waals surface area contributed by atoms with Gasteiger partial charge < -0.3 is 25.6 Å². The summed E-state index contributed by atoms with van der Waals surface area (Å²) in [6.07, 6.45) is 2.63. The van der Waals surface area contributed by atoms with Crippen LogP contribution in [0.25, 0.3) is 22.5 Å². The number of nitrogens with zero attached hydrogens (tertiary/aromatic N) is 4. The molecule has 186 valence electrons. The molecule has 2 amide bonds. The fourth-order valence-corrected chi connectivity index (χ4v) is 4.01. The maximum absolute atomic E-state index is 13.0. The molecule has 4 N–H and O–H groups in total. The highest BCUT2D eigenvalue weighted by Gasteiger charge is 2.23. The van der Waals surface area contributed by atoms with E-state index in [9.17, 15) is 9.59 Å². The maximum Gasteiger partial charge on any atom is 0.412 e. The van der Waals surface area contributed by atoms with Crippen molar-refractivity contribution in [2.75, 3.05) is 49.7 Å². The number of anilines is 3. The molecule has 10 nitrogen and oxygen atoms in total. The third kappa shape index (κ3) is 5.07. The number of nitrogens with two attached hydrogens (primary N) is 1. The van der Waals surface area contributed by atoms with E-state index in [1.165, 1.54) is 0 Å². The Bertz CT molecular complexity index is 1310. The summed E-state index contributed by atoms with van der Waals surface area (Å²) in [4.78, 5) is 37.4. The number of benzene rings is 2. The zero-order valence-electron chi connectivity index (χ0n) is 20.5. The summed E-state index contributed by atoms with van der Waals surface area (Å²) in [5.74, 6) is 0.588. The Morgan fingerprint density at radius 3 is 2.50 bits per heavy atom. The summed E-state index contributed by atoms with van der Waals surface area (Å²) in [6.45, 7) is 7.18. The van der Waals surface area contributed by atoms with E-state index in [1.54, 1.807) is 43.4 Å². The van der Waals surface area contributed by atoms with Gasteiger partial charge in [0.15, 0.2) is 5.82 Å². The number of carbonyl (C=O) groups excluding carboxylic acids is 2. The zero-order chi connectivity index (χ0) is 25.8. The third-order valence-corrected chi connectivity index (χ3v) is 5.87.